The van der Waals surface area contributed by atoms with Crippen molar-refractivity contribution in [3.05, 3.63) is 70.5 Å². The summed E-state index contributed by atoms with van der Waals surface area (Å²) >= 11 is 0. The first-order valence-corrected chi connectivity index (χ1v) is 6.84. The number of carbonyl (C=O) groups excluding carboxylic acids is 1. The fourth-order valence-corrected chi connectivity index (χ4v) is 2.61. The van der Waals surface area contributed by atoms with Crippen molar-refractivity contribution in [3.8, 4) is 11.1 Å². The van der Waals surface area contributed by atoms with Gasteiger partial charge < -0.3 is 9.36 Å². The van der Waals surface area contributed by atoms with E-state index in [-0.39, 0.29) is 12.1 Å². The highest BCUT2D eigenvalue weighted by molar-refractivity contribution is 5.95. The molecule has 0 fully saturated rings. The average molecular weight is 277 g/mol. The Balaban J connectivity index is 2.40. The summed E-state index contributed by atoms with van der Waals surface area (Å²) in [6.45, 7) is 2.05. The molecule has 0 aliphatic heterocycles. The lowest BCUT2D eigenvalue weighted by molar-refractivity contribution is -0.108. The van der Waals surface area contributed by atoms with Crippen molar-refractivity contribution in [1.82, 2.24) is 4.57 Å². The maximum absolute atomic E-state index is 12.3. The second-order valence-electron chi connectivity index (χ2n) is 5.06. The standard InChI is InChI=1S/C18H15NO2/c1-13-7-8-15-16(14-5-3-2-4-6-14)12-18(21)19(9-10-20)17(15)11-13/h2-8,10-12H,9H2,1H3. The molecule has 3 nitrogen and oxygen atoms in total. The summed E-state index contributed by atoms with van der Waals surface area (Å²) in [5, 5.41) is 0.980. The van der Waals surface area contributed by atoms with Crippen LogP contribution in [-0.2, 0) is 11.3 Å². The number of pyridine rings is 1. The molecular weight excluding hydrogens is 262 g/mol. The Morgan fingerprint density at radius 2 is 1.81 bits per heavy atom. The zero-order chi connectivity index (χ0) is 14.8. The van der Waals surface area contributed by atoms with E-state index in [1.165, 1.54) is 4.57 Å². The largest absolute Gasteiger partial charge is 0.301 e. The minimum absolute atomic E-state index is 0.0772. The highest BCUT2D eigenvalue weighted by Crippen LogP contribution is 2.27. The van der Waals surface area contributed by atoms with Gasteiger partial charge >= 0.3 is 0 Å². The van der Waals surface area contributed by atoms with Crippen LogP contribution in [-0.4, -0.2) is 10.9 Å². The fraction of sp³-hybridized carbons (Fsp3) is 0.111. The first kappa shape index (κ1) is 13.3. The van der Waals surface area contributed by atoms with Crippen LogP contribution < -0.4 is 5.56 Å². The molecule has 0 N–H and O–H groups in total. The molecule has 0 saturated heterocycles. The minimum Gasteiger partial charge on any atom is -0.301 e. The predicted octanol–water partition coefficient (Wildman–Crippen LogP) is 3.18. The summed E-state index contributed by atoms with van der Waals surface area (Å²) in [7, 11) is 0. The third-order valence-corrected chi connectivity index (χ3v) is 3.61. The Labute approximate surface area is 122 Å². The Bertz CT molecular complexity index is 864. The molecule has 2 aromatic carbocycles. The Hall–Kier alpha value is -2.68. The second kappa shape index (κ2) is 5.37. The first-order valence-electron chi connectivity index (χ1n) is 6.84. The van der Waals surface area contributed by atoms with Crippen molar-refractivity contribution in [2.45, 2.75) is 13.5 Å². The summed E-state index contributed by atoms with van der Waals surface area (Å²) < 4.78 is 1.52. The van der Waals surface area contributed by atoms with Crippen molar-refractivity contribution in [3.63, 3.8) is 0 Å². The monoisotopic (exact) mass is 277 g/mol. The lowest BCUT2D eigenvalue weighted by Gasteiger charge is -2.12. The SMILES string of the molecule is Cc1ccc2c(-c3ccccc3)cc(=O)n(CC=O)c2c1. The smallest absolute Gasteiger partial charge is 0.252 e. The third kappa shape index (κ3) is 2.38. The van der Waals surface area contributed by atoms with Gasteiger partial charge in [0.1, 0.15) is 6.29 Å². The van der Waals surface area contributed by atoms with Crippen LogP contribution in [0.2, 0.25) is 0 Å². The summed E-state index contributed by atoms with van der Waals surface area (Å²) in [6.07, 6.45) is 0.755. The van der Waals surface area contributed by atoms with Gasteiger partial charge in [-0.3, -0.25) is 4.79 Å². The summed E-state index contributed by atoms with van der Waals surface area (Å²) in [5.74, 6) is 0. The maximum Gasteiger partial charge on any atom is 0.252 e. The zero-order valence-electron chi connectivity index (χ0n) is 11.7. The predicted molar refractivity (Wildman–Crippen MR) is 84.4 cm³/mol. The van der Waals surface area contributed by atoms with Crippen LogP contribution >= 0.6 is 0 Å². The molecule has 0 aliphatic carbocycles. The molecule has 0 unspecified atom stereocenters. The number of aromatic nitrogens is 1. The van der Waals surface area contributed by atoms with Gasteiger partial charge in [-0.2, -0.15) is 0 Å². The van der Waals surface area contributed by atoms with Crippen LogP contribution in [0.25, 0.3) is 22.0 Å². The van der Waals surface area contributed by atoms with Gasteiger partial charge in [-0.05, 0) is 29.7 Å². The molecule has 0 bridgehead atoms. The molecular formula is C18H15NO2. The minimum atomic E-state index is -0.154. The van der Waals surface area contributed by atoms with Gasteiger partial charge in [0.25, 0.3) is 5.56 Å². The molecule has 1 heterocycles. The zero-order valence-corrected chi connectivity index (χ0v) is 11.7. The number of hydrogen-bond acceptors (Lipinski definition) is 2. The number of nitrogens with zero attached hydrogens (tertiary/aromatic N) is 1. The van der Waals surface area contributed by atoms with E-state index < -0.39 is 0 Å². The van der Waals surface area contributed by atoms with Crippen molar-refractivity contribution in [1.29, 1.82) is 0 Å². The number of carbonyl (C=O) groups is 1. The molecule has 0 saturated carbocycles. The van der Waals surface area contributed by atoms with Gasteiger partial charge in [-0.15, -0.1) is 0 Å². The van der Waals surface area contributed by atoms with Gasteiger partial charge in [-0.25, -0.2) is 0 Å². The third-order valence-electron chi connectivity index (χ3n) is 3.61. The Kier molecular flexibility index (Phi) is 3.40. The van der Waals surface area contributed by atoms with Gasteiger partial charge in [0.2, 0.25) is 0 Å². The molecule has 3 heteroatoms. The highest BCUT2D eigenvalue weighted by atomic mass is 16.1. The van der Waals surface area contributed by atoms with E-state index in [9.17, 15) is 9.59 Å². The first-order chi connectivity index (χ1) is 10.2. The average Bonchev–Trinajstić information content (AvgIpc) is 2.50. The molecule has 0 spiro atoms. The number of aryl methyl sites for hydroxylation is 1. The quantitative estimate of drug-likeness (QED) is 0.690. The van der Waals surface area contributed by atoms with E-state index in [1.54, 1.807) is 6.07 Å². The van der Waals surface area contributed by atoms with Crippen LogP contribution in [0.1, 0.15) is 5.56 Å². The molecule has 104 valence electrons. The van der Waals surface area contributed by atoms with Crippen LogP contribution in [0.5, 0.6) is 0 Å². The van der Waals surface area contributed by atoms with Crippen molar-refractivity contribution in [2.24, 2.45) is 0 Å². The van der Waals surface area contributed by atoms with Crippen LogP contribution in [0.3, 0.4) is 0 Å². The highest BCUT2D eigenvalue weighted by Gasteiger charge is 2.10. The van der Waals surface area contributed by atoms with Crippen molar-refractivity contribution < 1.29 is 4.79 Å². The van der Waals surface area contributed by atoms with E-state index >= 15 is 0 Å². The van der Waals surface area contributed by atoms with E-state index in [0.717, 1.165) is 33.9 Å². The van der Waals surface area contributed by atoms with Crippen LogP contribution in [0.4, 0.5) is 0 Å². The van der Waals surface area contributed by atoms with E-state index in [1.807, 2.05) is 55.5 Å². The fourth-order valence-electron chi connectivity index (χ4n) is 2.61. The lowest BCUT2D eigenvalue weighted by atomic mass is 10.00. The van der Waals surface area contributed by atoms with Gasteiger partial charge in [0.15, 0.2) is 0 Å². The number of benzene rings is 2. The Morgan fingerprint density at radius 3 is 2.52 bits per heavy atom. The van der Waals surface area contributed by atoms with Crippen LogP contribution in [0, 0.1) is 6.92 Å². The molecule has 1 aromatic heterocycles. The number of rotatable bonds is 3. The molecule has 21 heavy (non-hydrogen) atoms. The number of aldehydes is 1. The summed E-state index contributed by atoms with van der Waals surface area (Å²) in [4.78, 5) is 23.2. The van der Waals surface area contributed by atoms with Crippen molar-refractivity contribution >= 4 is 17.2 Å². The molecule has 0 aliphatic rings. The summed E-state index contributed by atoms with van der Waals surface area (Å²) in [6, 6.07) is 17.4. The lowest BCUT2D eigenvalue weighted by Crippen LogP contribution is -2.20. The second-order valence-corrected chi connectivity index (χ2v) is 5.06. The molecule has 0 amide bonds. The van der Waals surface area contributed by atoms with E-state index in [0.29, 0.717) is 0 Å². The van der Waals surface area contributed by atoms with Gasteiger partial charge in [0, 0.05) is 11.5 Å². The normalized spacial score (nSPS) is 10.7. The van der Waals surface area contributed by atoms with Gasteiger partial charge in [0.05, 0.1) is 12.1 Å². The molecule has 0 atom stereocenters. The summed E-state index contributed by atoms with van der Waals surface area (Å²) in [5.41, 5.74) is 3.61. The topological polar surface area (TPSA) is 39.1 Å². The Morgan fingerprint density at radius 1 is 1.05 bits per heavy atom. The molecule has 3 rings (SSSR count). The van der Waals surface area contributed by atoms with Gasteiger partial charge in [-0.1, -0.05) is 42.5 Å². The molecule has 0 radical (unpaired) electrons. The number of fused-ring (bicyclic) bond motifs is 1. The molecule has 3 aromatic rings. The number of hydrogen-bond donors (Lipinski definition) is 0. The maximum atomic E-state index is 12.3. The van der Waals surface area contributed by atoms with Crippen LogP contribution in [0.15, 0.2) is 59.4 Å². The van der Waals surface area contributed by atoms with E-state index in [2.05, 4.69) is 0 Å². The van der Waals surface area contributed by atoms with E-state index in [4.69, 9.17) is 0 Å². The van der Waals surface area contributed by atoms with Crippen molar-refractivity contribution in [2.75, 3.05) is 0 Å².